The normalized spacial score (nSPS) is 22.6. The summed E-state index contributed by atoms with van der Waals surface area (Å²) < 4.78 is 5.06. The lowest BCUT2D eigenvalue weighted by Gasteiger charge is -2.21. The number of carbonyl (C=O) groups excluding carboxylic acids is 1. The minimum Gasteiger partial charge on any atom is -0.361 e. The molecular formula is C12H20ClN3O2. The van der Waals surface area contributed by atoms with Crippen molar-refractivity contribution in [1.29, 1.82) is 0 Å². The summed E-state index contributed by atoms with van der Waals surface area (Å²) in [7, 11) is 0. The zero-order chi connectivity index (χ0) is 12.5. The van der Waals surface area contributed by atoms with Gasteiger partial charge in [-0.2, -0.15) is 0 Å². The lowest BCUT2D eigenvalue weighted by atomic mass is 9.89. The Morgan fingerprint density at radius 2 is 2.28 bits per heavy atom. The quantitative estimate of drug-likeness (QED) is 0.872. The van der Waals surface area contributed by atoms with Gasteiger partial charge in [0.15, 0.2) is 0 Å². The van der Waals surface area contributed by atoms with Crippen LogP contribution in [0.1, 0.15) is 30.4 Å². The van der Waals surface area contributed by atoms with Crippen molar-refractivity contribution in [2.75, 3.05) is 13.1 Å². The van der Waals surface area contributed by atoms with Crippen molar-refractivity contribution >= 4 is 18.3 Å². The van der Waals surface area contributed by atoms with Gasteiger partial charge in [0.25, 0.3) is 0 Å². The Hall–Kier alpha value is -1.07. The lowest BCUT2D eigenvalue weighted by Crippen LogP contribution is -2.40. The van der Waals surface area contributed by atoms with Crippen LogP contribution in [0.15, 0.2) is 4.52 Å². The highest BCUT2D eigenvalue weighted by Crippen LogP contribution is 2.24. The zero-order valence-electron chi connectivity index (χ0n) is 11.0. The van der Waals surface area contributed by atoms with Crippen molar-refractivity contribution in [3.8, 4) is 0 Å². The molecule has 1 aliphatic rings. The summed E-state index contributed by atoms with van der Waals surface area (Å²) >= 11 is 0. The van der Waals surface area contributed by atoms with E-state index in [2.05, 4.69) is 15.8 Å². The summed E-state index contributed by atoms with van der Waals surface area (Å²) in [5.41, 5.74) is 1.55. The first-order valence-electron chi connectivity index (χ1n) is 5.94. The summed E-state index contributed by atoms with van der Waals surface area (Å²) in [5.74, 6) is 0.875. The average Bonchev–Trinajstić information content (AvgIpc) is 2.85. The first-order valence-corrected chi connectivity index (χ1v) is 5.94. The molecule has 0 aliphatic carbocycles. The minimum absolute atomic E-state index is 0. The highest BCUT2D eigenvalue weighted by atomic mass is 35.5. The molecule has 1 amide bonds. The Bertz CT molecular complexity index is 405. The van der Waals surface area contributed by atoms with Gasteiger partial charge in [-0.25, -0.2) is 0 Å². The maximum atomic E-state index is 12.1. The second-order valence-electron chi connectivity index (χ2n) is 4.97. The molecule has 0 spiro atoms. The molecule has 0 saturated carbocycles. The van der Waals surface area contributed by atoms with Crippen molar-refractivity contribution < 1.29 is 9.32 Å². The van der Waals surface area contributed by atoms with Crippen LogP contribution in [-0.2, 0) is 11.3 Å². The van der Waals surface area contributed by atoms with E-state index in [1.807, 2.05) is 20.8 Å². The third-order valence-electron chi connectivity index (χ3n) is 3.52. The summed E-state index contributed by atoms with van der Waals surface area (Å²) in [6.07, 6.45) is 0.889. The van der Waals surface area contributed by atoms with Crippen molar-refractivity contribution in [3.05, 3.63) is 17.0 Å². The smallest absolute Gasteiger partial charge is 0.227 e. The molecule has 0 bridgehead atoms. The molecular weight excluding hydrogens is 254 g/mol. The van der Waals surface area contributed by atoms with Gasteiger partial charge in [-0.3, -0.25) is 4.79 Å². The molecule has 1 aromatic heterocycles. The fraction of sp³-hybridized carbons (Fsp3) is 0.667. The summed E-state index contributed by atoms with van der Waals surface area (Å²) in [6, 6.07) is 0. The lowest BCUT2D eigenvalue weighted by molar-refractivity contribution is -0.129. The summed E-state index contributed by atoms with van der Waals surface area (Å²) in [5, 5.41) is 10.1. The number of hydrogen-bond acceptors (Lipinski definition) is 4. The molecule has 1 saturated heterocycles. The number of aromatic nitrogens is 1. The van der Waals surface area contributed by atoms with E-state index in [1.165, 1.54) is 0 Å². The third kappa shape index (κ3) is 2.84. The molecule has 1 aromatic rings. The Morgan fingerprint density at radius 3 is 2.78 bits per heavy atom. The molecule has 1 fully saturated rings. The Kier molecular flexibility index (Phi) is 4.76. The SMILES string of the molecule is Cc1noc(C)c1CNC(=O)C1(C)CCNC1.Cl. The van der Waals surface area contributed by atoms with E-state index in [0.29, 0.717) is 6.54 Å². The van der Waals surface area contributed by atoms with Crippen molar-refractivity contribution in [2.45, 2.75) is 33.7 Å². The van der Waals surface area contributed by atoms with Crippen LogP contribution in [0.5, 0.6) is 0 Å². The van der Waals surface area contributed by atoms with Gasteiger partial charge in [0.1, 0.15) is 5.76 Å². The number of halogens is 1. The third-order valence-corrected chi connectivity index (χ3v) is 3.52. The number of aryl methyl sites for hydroxylation is 2. The van der Waals surface area contributed by atoms with E-state index in [9.17, 15) is 4.79 Å². The van der Waals surface area contributed by atoms with Gasteiger partial charge in [0, 0.05) is 18.7 Å². The second kappa shape index (κ2) is 5.71. The molecule has 102 valence electrons. The highest BCUT2D eigenvalue weighted by molar-refractivity contribution is 5.85. The van der Waals surface area contributed by atoms with E-state index >= 15 is 0 Å². The first kappa shape index (κ1) is 15.0. The van der Waals surface area contributed by atoms with E-state index in [4.69, 9.17) is 4.52 Å². The van der Waals surface area contributed by atoms with E-state index in [0.717, 1.165) is 36.5 Å². The van der Waals surface area contributed by atoms with Gasteiger partial charge in [-0.15, -0.1) is 12.4 Å². The van der Waals surface area contributed by atoms with Crippen LogP contribution < -0.4 is 10.6 Å². The average molecular weight is 274 g/mol. The van der Waals surface area contributed by atoms with Gasteiger partial charge in [-0.05, 0) is 33.7 Å². The molecule has 0 aromatic carbocycles. The topological polar surface area (TPSA) is 67.2 Å². The number of nitrogens with one attached hydrogen (secondary N) is 2. The van der Waals surface area contributed by atoms with Gasteiger partial charge >= 0.3 is 0 Å². The number of amides is 1. The van der Waals surface area contributed by atoms with Crippen LogP contribution in [0.25, 0.3) is 0 Å². The molecule has 2 rings (SSSR count). The van der Waals surface area contributed by atoms with Gasteiger partial charge in [-0.1, -0.05) is 5.16 Å². The first-order chi connectivity index (χ1) is 8.03. The van der Waals surface area contributed by atoms with Gasteiger partial charge in [0.05, 0.1) is 11.1 Å². The summed E-state index contributed by atoms with van der Waals surface area (Å²) in [4.78, 5) is 12.1. The molecule has 18 heavy (non-hydrogen) atoms. The monoisotopic (exact) mass is 273 g/mol. The molecule has 1 unspecified atom stereocenters. The largest absolute Gasteiger partial charge is 0.361 e. The Morgan fingerprint density at radius 1 is 1.56 bits per heavy atom. The fourth-order valence-electron chi connectivity index (χ4n) is 2.15. The maximum absolute atomic E-state index is 12.1. The van der Waals surface area contributed by atoms with Crippen LogP contribution in [0.4, 0.5) is 0 Å². The second-order valence-corrected chi connectivity index (χ2v) is 4.97. The molecule has 1 atom stereocenters. The number of rotatable bonds is 3. The summed E-state index contributed by atoms with van der Waals surface area (Å²) in [6.45, 7) is 7.90. The Balaban J connectivity index is 0.00000162. The Labute approximate surface area is 113 Å². The number of carbonyl (C=O) groups is 1. The van der Waals surface area contributed by atoms with Crippen molar-refractivity contribution in [2.24, 2.45) is 5.41 Å². The number of hydrogen-bond donors (Lipinski definition) is 2. The van der Waals surface area contributed by atoms with Crippen LogP contribution in [0.2, 0.25) is 0 Å². The van der Waals surface area contributed by atoms with Crippen LogP contribution in [0, 0.1) is 19.3 Å². The van der Waals surface area contributed by atoms with Crippen molar-refractivity contribution in [1.82, 2.24) is 15.8 Å². The molecule has 2 N–H and O–H groups in total. The van der Waals surface area contributed by atoms with Gasteiger partial charge < -0.3 is 15.2 Å². The molecule has 1 aliphatic heterocycles. The minimum atomic E-state index is -0.279. The molecule has 6 heteroatoms. The number of nitrogens with zero attached hydrogens (tertiary/aromatic N) is 1. The molecule has 2 heterocycles. The fourth-order valence-corrected chi connectivity index (χ4v) is 2.15. The van der Waals surface area contributed by atoms with E-state index in [-0.39, 0.29) is 23.7 Å². The van der Waals surface area contributed by atoms with E-state index < -0.39 is 0 Å². The zero-order valence-corrected chi connectivity index (χ0v) is 11.8. The molecule has 5 nitrogen and oxygen atoms in total. The van der Waals surface area contributed by atoms with Crippen LogP contribution >= 0.6 is 12.4 Å². The van der Waals surface area contributed by atoms with Crippen LogP contribution in [0.3, 0.4) is 0 Å². The van der Waals surface area contributed by atoms with Gasteiger partial charge in [0.2, 0.25) is 5.91 Å². The predicted molar refractivity (Wildman–Crippen MR) is 70.7 cm³/mol. The maximum Gasteiger partial charge on any atom is 0.227 e. The predicted octanol–water partition coefficient (Wildman–Crippen LogP) is 1.33. The molecule has 0 radical (unpaired) electrons. The highest BCUT2D eigenvalue weighted by Gasteiger charge is 2.36. The van der Waals surface area contributed by atoms with Crippen LogP contribution in [-0.4, -0.2) is 24.2 Å². The van der Waals surface area contributed by atoms with Crippen molar-refractivity contribution in [3.63, 3.8) is 0 Å². The standard InChI is InChI=1S/C12H19N3O2.ClH/c1-8-10(9(2)17-15-8)6-14-11(16)12(3)4-5-13-7-12;/h13H,4-7H2,1-3H3,(H,14,16);1H. The van der Waals surface area contributed by atoms with E-state index in [1.54, 1.807) is 0 Å².